The highest BCUT2D eigenvalue weighted by Gasteiger charge is 2.30. The Bertz CT molecular complexity index is 542. The Morgan fingerprint density at radius 1 is 1.30 bits per heavy atom. The normalized spacial score (nSPS) is 22.6. The number of nitrogen functional groups attached to an aromatic ring is 1. The third-order valence-electron chi connectivity index (χ3n) is 3.81. The van der Waals surface area contributed by atoms with E-state index >= 15 is 0 Å². The van der Waals surface area contributed by atoms with Crippen LogP contribution >= 0.6 is 0 Å². The lowest BCUT2D eigenvalue weighted by atomic mass is 10.1. The second kappa shape index (κ2) is 6.11. The van der Waals surface area contributed by atoms with Crippen molar-refractivity contribution in [3.63, 3.8) is 0 Å². The molecule has 0 bridgehead atoms. The van der Waals surface area contributed by atoms with Crippen LogP contribution in [0.3, 0.4) is 0 Å². The first-order valence-electron chi connectivity index (χ1n) is 7.04. The molecular weight excluding hydrogens is 274 g/mol. The van der Waals surface area contributed by atoms with Crippen LogP contribution < -0.4 is 10.5 Å². The number of anilines is 1. The van der Waals surface area contributed by atoms with Crippen LogP contribution in [0.25, 0.3) is 0 Å². The summed E-state index contributed by atoms with van der Waals surface area (Å²) >= 11 is 0. The molecule has 0 spiro atoms. The third-order valence-corrected chi connectivity index (χ3v) is 5.62. The van der Waals surface area contributed by atoms with E-state index in [9.17, 15) is 8.42 Å². The van der Waals surface area contributed by atoms with Crippen molar-refractivity contribution in [2.75, 3.05) is 12.3 Å². The van der Waals surface area contributed by atoms with Crippen molar-refractivity contribution in [3.05, 3.63) is 29.8 Å². The van der Waals surface area contributed by atoms with Crippen LogP contribution in [0.5, 0.6) is 0 Å². The van der Waals surface area contributed by atoms with Gasteiger partial charge in [0.2, 0.25) is 0 Å². The van der Waals surface area contributed by atoms with Gasteiger partial charge in [-0.1, -0.05) is 18.6 Å². The Morgan fingerprint density at radius 2 is 1.95 bits per heavy atom. The number of nitrogens with zero attached hydrogens (tertiary/aromatic N) is 1. The number of piperidine rings is 1. The molecule has 1 heterocycles. The largest absolute Gasteiger partial charge is 0.399 e. The molecule has 1 aromatic rings. The van der Waals surface area contributed by atoms with Crippen molar-refractivity contribution >= 4 is 15.9 Å². The third kappa shape index (κ3) is 3.50. The number of hydrogen-bond acceptors (Lipinski definition) is 3. The second-order valence-electron chi connectivity index (χ2n) is 5.47. The SMILES string of the molecule is CC(NS(=O)(=O)N1CCCCC1C)c1ccc(N)cc1. The van der Waals surface area contributed by atoms with E-state index in [1.54, 1.807) is 16.4 Å². The molecule has 6 heteroatoms. The molecule has 112 valence electrons. The van der Waals surface area contributed by atoms with Gasteiger partial charge in [-0.3, -0.25) is 0 Å². The number of rotatable bonds is 4. The van der Waals surface area contributed by atoms with E-state index < -0.39 is 10.2 Å². The summed E-state index contributed by atoms with van der Waals surface area (Å²) in [6, 6.07) is 7.06. The number of nitrogens with two attached hydrogens (primary N) is 1. The molecule has 2 rings (SSSR count). The van der Waals surface area contributed by atoms with Gasteiger partial charge in [-0.2, -0.15) is 17.4 Å². The lowest BCUT2D eigenvalue weighted by Gasteiger charge is -2.33. The Labute approximate surface area is 121 Å². The van der Waals surface area contributed by atoms with Crippen LogP contribution in [0.4, 0.5) is 5.69 Å². The van der Waals surface area contributed by atoms with Gasteiger partial charge in [-0.25, -0.2) is 0 Å². The van der Waals surface area contributed by atoms with Crippen LogP contribution in [-0.4, -0.2) is 25.3 Å². The number of benzene rings is 1. The van der Waals surface area contributed by atoms with E-state index in [1.807, 2.05) is 26.0 Å². The lowest BCUT2D eigenvalue weighted by molar-refractivity contribution is 0.264. The van der Waals surface area contributed by atoms with Crippen molar-refractivity contribution in [1.82, 2.24) is 9.03 Å². The van der Waals surface area contributed by atoms with Crippen LogP contribution in [-0.2, 0) is 10.2 Å². The smallest absolute Gasteiger partial charge is 0.280 e. The van der Waals surface area contributed by atoms with Gasteiger partial charge in [0.1, 0.15) is 0 Å². The summed E-state index contributed by atoms with van der Waals surface area (Å²) in [6.07, 6.45) is 2.96. The minimum atomic E-state index is -3.44. The highest BCUT2D eigenvalue weighted by atomic mass is 32.2. The second-order valence-corrected chi connectivity index (χ2v) is 7.12. The first kappa shape index (κ1) is 15.3. The van der Waals surface area contributed by atoms with Gasteiger partial charge < -0.3 is 5.73 Å². The van der Waals surface area contributed by atoms with Gasteiger partial charge in [-0.15, -0.1) is 0 Å². The summed E-state index contributed by atoms with van der Waals surface area (Å²) in [5.41, 5.74) is 7.23. The van der Waals surface area contributed by atoms with Gasteiger partial charge in [-0.05, 0) is 44.4 Å². The Kier molecular flexibility index (Phi) is 4.67. The van der Waals surface area contributed by atoms with Gasteiger partial charge >= 0.3 is 0 Å². The molecular formula is C14H23N3O2S. The van der Waals surface area contributed by atoms with E-state index in [0.29, 0.717) is 12.2 Å². The predicted octanol–water partition coefficient (Wildman–Crippen LogP) is 2.04. The summed E-state index contributed by atoms with van der Waals surface area (Å²) in [7, 11) is -3.44. The molecule has 5 nitrogen and oxygen atoms in total. The van der Waals surface area contributed by atoms with E-state index in [0.717, 1.165) is 24.8 Å². The van der Waals surface area contributed by atoms with Crippen molar-refractivity contribution in [2.24, 2.45) is 0 Å². The highest BCUT2D eigenvalue weighted by molar-refractivity contribution is 7.87. The molecule has 1 aliphatic rings. The zero-order chi connectivity index (χ0) is 14.8. The molecule has 0 aromatic heterocycles. The molecule has 1 aliphatic heterocycles. The molecule has 0 amide bonds. The Balaban J connectivity index is 2.09. The molecule has 20 heavy (non-hydrogen) atoms. The Morgan fingerprint density at radius 3 is 2.55 bits per heavy atom. The minimum absolute atomic E-state index is 0.0693. The minimum Gasteiger partial charge on any atom is -0.399 e. The van der Waals surface area contributed by atoms with Crippen molar-refractivity contribution in [2.45, 2.75) is 45.2 Å². The van der Waals surface area contributed by atoms with Crippen molar-refractivity contribution < 1.29 is 8.42 Å². The van der Waals surface area contributed by atoms with E-state index in [1.165, 1.54) is 0 Å². The van der Waals surface area contributed by atoms with Crippen molar-refractivity contribution in [1.29, 1.82) is 0 Å². The molecule has 2 unspecified atom stereocenters. The maximum atomic E-state index is 12.4. The standard InChI is InChI=1S/C14H23N3O2S/c1-11-5-3-4-10-17(11)20(18,19)16-12(2)13-6-8-14(15)9-7-13/h6-9,11-12,16H,3-5,10,15H2,1-2H3. The fraction of sp³-hybridized carbons (Fsp3) is 0.571. The van der Waals surface area contributed by atoms with Crippen LogP contribution in [0.2, 0.25) is 0 Å². The topological polar surface area (TPSA) is 75.4 Å². The average Bonchev–Trinajstić information content (AvgIpc) is 2.39. The summed E-state index contributed by atoms with van der Waals surface area (Å²) < 4.78 is 29.2. The maximum Gasteiger partial charge on any atom is 0.280 e. The van der Waals surface area contributed by atoms with Crippen molar-refractivity contribution in [3.8, 4) is 0 Å². The van der Waals surface area contributed by atoms with Gasteiger partial charge in [0, 0.05) is 24.3 Å². The van der Waals surface area contributed by atoms with E-state index in [4.69, 9.17) is 5.73 Å². The van der Waals surface area contributed by atoms with Gasteiger partial charge in [0.15, 0.2) is 0 Å². The average molecular weight is 297 g/mol. The maximum absolute atomic E-state index is 12.4. The predicted molar refractivity (Wildman–Crippen MR) is 81.3 cm³/mol. The molecule has 0 saturated carbocycles. The zero-order valence-corrected chi connectivity index (χ0v) is 12.9. The van der Waals surface area contributed by atoms with E-state index in [-0.39, 0.29) is 12.1 Å². The molecule has 2 atom stereocenters. The van der Waals surface area contributed by atoms with E-state index in [2.05, 4.69) is 4.72 Å². The van der Waals surface area contributed by atoms with Crippen LogP contribution in [0.15, 0.2) is 24.3 Å². The summed E-state index contributed by atoms with van der Waals surface area (Å²) in [4.78, 5) is 0. The van der Waals surface area contributed by atoms with Crippen LogP contribution in [0.1, 0.15) is 44.7 Å². The Hall–Kier alpha value is -1.11. The molecule has 3 N–H and O–H groups in total. The van der Waals surface area contributed by atoms with Gasteiger partial charge in [0.25, 0.3) is 10.2 Å². The highest BCUT2D eigenvalue weighted by Crippen LogP contribution is 2.22. The molecule has 1 saturated heterocycles. The summed E-state index contributed by atoms with van der Waals surface area (Å²) in [6.45, 7) is 4.41. The van der Waals surface area contributed by atoms with Crippen LogP contribution in [0, 0.1) is 0 Å². The fourth-order valence-electron chi connectivity index (χ4n) is 2.57. The zero-order valence-electron chi connectivity index (χ0n) is 12.0. The number of hydrogen-bond donors (Lipinski definition) is 2. The quantitative estimate of drug-likeness (QED) is 0.835. The first-order chi connectivity index (χ1) is 9.40. The first-order valence-corrected chi connectivity index (χ1v) is 8.48. The lowest BCUT2D eigenvalue weighted by Crippen LogP contribution is -2.48. The monoisotopic (exact) mass is 297 g/mol. The van der Waals surface area contributed by atoms with Gasteiger partial charge in [0.05, 0.1) is 0 Å². The molecule has 0 aliphatic carbocycles. The molecule has 1 aromatic carbocycles. The summed E-state index contributed by atoms with van der Waals surface area (Å²) in [5, 5.41) is 0. The molecule has 0 radical (unpaired) electrons. The molecule has 1 fully saturated rings. The summed E-state index contributed by atoms with van der Waals surface area (Å²) in [5.74, 6) is 0. The fourth-order valence-corrected chi connectivity index (χ4v) is 4.24. The number of nitrogens with one attached hydrogen (secondary N) is 1.